The third-order valence-corrected chi connectivity index (χ3v) is 7.22. The van der Waals surface area contributed by atoms with Crippen LogP contribution < -0.4 is 0 Å². The van der Waals surface area contributed by atoms with E-state index in [1.54, 1.807) is 30.3 Å². The molecule has 1 aromatic rings. The summed E-state index contributed by atoms with van der Waals surface area (Å²) in [5.74, 6) is 0.498. The Labute approximate surface area is 137 Å². The van der Waals surface area contributed by atoms with Gasteiger partial charge >= 0.3 is 0 Å². The monoisotopic (exact) mass is 340 g/mol. The molecule has 0 aliphatic carbocycles. The molecular weight excluding hydrogens is 316 g/mol. The summed E-state index contributed by atoms with van der Waals surface area (Å²) in [6.45, 7) is 5.17. The third kappa shape index (κ3) is 3.04. The number of carbonyl (C=O) groups is 1. The van der Waals surface area contributed by atoms with Crippen LogP contribution in [0.2, 0.25) is 0 Å². The lowest BCUT2D eigenvalue weighted by molar-refractivity contribution is 0.0307. The highest BCUT2D eigenvalue weighted by atomic mass is 32.2. The van der Waals surface area contributed by atoms with E-state index in [0.717, 1.165) is 19.4 Å². The molecule has 1 aromatic heterocycles. The zero-order chi connectivity index (χ0) is 16.6. The van der Waals surface area contributed by atoms with Gasteiger partial charge in [-0.15, -0.1) is 0 Å². The first kappa shape index (κ1) is 16.5. The van der Waals surface area contributed by atoms with Crippen LogP contribution in [0, 0.1) is 5.92 Å². The molecule has 0 bridgehead atoms. The van der Waals surface area contributed by atoms with E-state index in [9.17, 15) is 13.2 Å². The molecular formula is C16H24N2O4S. The topological polar surface area (TPSA) is 70.8 Å². The first-order chi connectivity index (χ1) is 10.9. The standard InChI is InChI=1S/C16H24N2O4S/c1-12(2)23(20,21)17-9-7-14-13(11-17)5-3-8-18(14)16(19)15-6-4-10-22-15/h4,6,10,12-14H,3,5,7-9,11H2,1-2H3/t13-,14-/m1/s1. The highest BCUT2D eigenvalue weighted by molar-refractivity contribution is 7.89. The van der Waals surface area contributed by atoms with E-state index >= 15 is 0 Å². The molecule has 0 saturated carbocycles. The number of sulfonamides is 1. The number of carbonyl (C=O) groups excluding carboxylic acids is 1. The van der Waals surface area contributed by atoms with E-state index in [1.165, 1.54) is 6.26 Å². The lowest BCUT2D eigenvalue weighted by atomic mass is 9.84. The summed E-state index contributed by atoms with van der Waals surface area (Å²) < 4.78 is 31.6. The van der Waals surface area contributed by atoms with Gasteiger partial charge in [0.1, 0.15) is 0 Å². The van der Waals surface area contributed by atoms with Crippen molar-refractivity contribution in [2.24, 2.45) is 5.92 Å². The van der Waals surface area contributed by atoms with Crippen LogP contribution in [0.25, 0.3) is 0 Å². The van der Waals surface area contributed by atoms with Crippen LogP contribution in [-0.2, 0) is 10.0 Å². The van der Waals surface area contributed by atoms with Crippen molar-refractivity contribution in [2.75, 3.05) is 19.6 Å². The molecule has 3 heterocycles. The molecule has 3 rings (SSSR count). The van der Waals surface area contributed by atoms with Crippen molar-refractivity contribution < 1.29 is 17.6 Å². The van der Waals surface area contributed by atoms with Crippen LogP contribution in [0.4, 0.5) is 0 Å². The van der Waals surface area contributed by atoms with Crippen LogP contribution in [0.15, 0.2) is 22.8 Å². The Bertz CT molecular complexity index is 654. The fourth-order valence-electron chi connectivity index (χ4n) is 3.69. The van der Waals surface area contributed by atoms with Gasteiger partial charge in [-0.3, -0.25) is 4.79 Å². The summed E-state index contributed by atoms with van der Waals surface area (Å²) in [5.41, 5.74) is 0. The number of piperidine rings is 2. The number of likely N-dealkylation sites (tertiary alicyclic amines) is 1. The molecule has 0 spiro atoms. The summed E-state index contributed by atoms with van der Waals surface area (Å²) in [7, 11) is -3.22. The van der Waals surface area contributed by atoms with Crippen LogP contribution in [0.3, 0.4) is 0 Å². The molecule has 0 radical (unpaired) electrons. The van der Waals surface area contributed by atoms with Gasteiger partial charge in [0, 0.05) is 25.7 Å². The summed E-state index contributed by atoms with van der Waals surface area (Å²) in [4.78, 5) is 14.5. The van der Waals surface area contributed by atoms with Gasteiger partial charge in [-0.25, -0.2) is 12.7 Å². The Morgan fingerprint density at radius 2 is 2.09 bits per heavy atom. The molecule has 2 saturated heterocycles. The Balaban J connectivity index is 1.75. The minimum atomic E-state index is -3.22. The Kier molecular flexibility index (Phi) is 4.51. The molecule has 2 fully saturated rings. The molecule has 0 aromatic carbocycles. The maximum Gasteiger partial charge on any atom is 0.289 e. The van der Waals surface area contributed by atoms with E-state index in [4.69, 9.17) is 4.42 Å². The van der Waals surface area contributed by atoms with Gasteiger partial charge in [-0.05, 0) is 51.2 Å². The molecule has 1 amide bonds. The number of hydrogen-bond donors (Lipinski definition) is 0. The van der Waals surface area contributed by atoms with Gasteiger partial charge in [-0.1, -0.05) is 0 Å². The van der Waals surface area contributed by atoms with Gasteiger partial charge in [0.15, 0.2) is 5.76 Å². The van der Waals surface area contributed by atoms with Crippen molar-refractivity contribution in [1.29, 1.82) is 0 Å². The Morgan fingerprint density at radius 3 is 2.74 bits per heavy atom. The minimum absolute atomic E-state index is 0.0788. The van der Waals surface area contributed by atoms with Gasteiger partial charge in [0.2, 0.25) is 10.0 Å². The maximum atomic E-state index is 12.6. The normalized spacial score (nSPS) is 26.3. The highest BCUT2D eigenvalue weighted by Crippen LogP contribution is 2.33. The molecule has 0 unspecified atom stereocenters. The summed E-state index contributed by atoms with van der Waals surface area (Å²) in [5, 5.41) is -0.400. The van der Waals surface area contributed by atoms with Gasteiger partial charge in [0.25, 0.3) is 5.91 Å². The number of rotatable bonds is 3. The Hall–Kier alpha value is -1.34. The molecule has 6 nitrogen and oxygen atoms in total. The quantitative estimate of drug-likeness (QED) is 0.843. The number of hydrogen-bond acceptors (Lipinski definition) is 4. The molecule has 2 aliphatic heterocycles. The summed E-state index contributed by atoms with van der Waals surface area (Å²) in [6, 6.07) is 3.51. The highest BCUT2D eigenvalue weighted by Gasteiger charge is 2.42. The van der Waals surface area contributed by atoms with Gasteiger partial charge in [-0.2, -0.15) is 0 Å². The van der Waals surface area contributed by atoms with Gasteiger partial charge < -0.3 is 9.32 Å². The fourth-order valence-corrected chi connectivity index (χ4v) is 5.05. The van der Waals surface area contributed by atoms with Crippen molar-refractivity contribution in [2.45, 2.75) is 44.4 Å². The smallest absolute Gasteiger partial charge is 0.289 e. The van der Waals surface area contributed by atoms with E-state index in [-0.39, 0.29) is 17.9 Å². The number of nitrogens with zero attached hydrogens (tertiary/aromatic N) is 2. The second-order valence-electron chi connectivity index (χ2n) is 6.69. The average Bonchev–Trinajstić information content (AvgIpc) is 3.07. The summed E-state index contributed by atoms with van der Waals surface area (Å²) in [6.07, 6.45) is 4.08. The molecule has 23 heavy (non-hydrogen) atoms. The van der Waals surface area contributed by atoms with Crippen LogP contribution in [0.5, 0.6) is 0 Å². The molecule has 2 aliphatic rings. The van der Waals surface area contributed by atoms with Crippen molar-refractivity contribution in [3.63, 3.8) is 0 Å². The lowest BCUT2D eigenvalue weighted by Gasteiger charge is -2.46. The summed E-state index contributed by atoms with van der Waals surface area (Å²) >= 11 is 0. The largest absolute Gasteiger partial charge is 0.459 e. The predicted octanol–water partition coefficient (Wildman–Crippen LogP) is 1.94. The first-order valence-corrected chi connectivity index (χ1v) is 9.75. The molecule has 2 atom stereocenters. The van der Waals surface area contributed by atoms with E-state index in [1.807, 2.05) is 4.90 Å². The zero-order valence-corrected chi connectivity index (χ0v) is 14.5. The van der Waals surface area contributed by atoms with Crippen molar-refractivity contribution >= 4 is 15.9 Å². The fraction of sp³-hybridized carbons (Fsp3) is 0.688. The van der Waals surface area contributed by atoms with E-state index in [2.05, 4.69) is 0 Å². The average molecular weight is 340 g/mol. The lowest BCUT2D eigenvalue weighted by Crippen LogP contribution is -2.57. The van der Waals surface area contributed by atoms with Crippen LogP contribution in [0.1, 0.15) is 43.7 Å². The van der Waals surface area contributed by atoms with E-state index in [0.29, 0.717) is 25.3 Å². The van der Waals surface area contributed by atoms with Crippen molar-refractivity contribution in [3.8, 4) is 0 Å². The van der Waals surface area contributed by atoms with Crippen LogP contribution in [-0.4, -0.2) is 54.5 Å². The Morgan fingerprint density at radius 1 is 1.30 bits per heavy atom. The second kappa shape index (κ2) is 6.28. The predicted molar refractivity (Wildman–Crippen MR) is 86.5 cm³/mol. The van der Waals surface area contributed by atoms with Crippen molar-refractivity contribution in [1.82, 2.24) is 9.21 Å². The molecule has 128 valence electrons. The maximum absolute atomic E-state index is 12.6. The zero-order valence-electron chi connectivity index (χ0n) is 13.6. The van der Waals surface area contributed by atoms with Crippen LogP contribution >= 0.6 is 0 Å². The number of fused-ring (bicyclic) bond motifs is 1. The minimum Gasteiger partial charge on any atom is -0.459 e. The SMILES string of the molecule is CC(C)S(=O)(=O)N1CC[C@@H]2[C@H](CCCN2C(=O)c2ccco2)C1. The third-order valence-electron chi connectivity index (χ3n) is 4.98. The number of amides is 1. The first-order valence-electron chi connectivity index (χ1n) is 8.24. The molecule has 7 heteroatoms. The molecule has 0 N–H and O–H groups in total. The second-order valence-corrected chi connectivity index (χ2v) is 9.18. The van der Waals surface area contributed by atoms with Crippen molar-refractivity contribution in [3.05, 3.63) is 24.2 Å². The van der Waals surface area contributed by atoms with Gasteiger partial charge in [0.05, 0.1) is 11.5 Å². The van der Waals surface area contributed by atoms with E-state index < -0.39 is 15.3 Å². The number of furan rings is 1.